The highest BCUT2D eigenvalue weighted by Crippen LogP contribution is 2.18. The number of nitrogens with zero attached hydrogens (tertiary/aromatic N) is 3. The van der Waals surface area contributed by atoms with Gasteiger partial charge in [-0.15, -0.1) is 0 Å². The smallest absolute Gasteiger partial charge is 0.255 e. The Bertz CT molecular complexity index is 906. The summed E-state index contributed by atoms with van der Waals surface area (Å²) in [6.07, 6.45) is 5.23. The fraction of sp³-hybridized carbons (Fsp3) is 0.250. The summed E-state index contributed by atoms with van der Waals surface area (Å²) >= 11 is 0. The summed E-state index contributed by atoms with van der Waals surface area (Å²) in [6.45, 7) is 2.56. The highest BCUT2D eigenvalue weighted by Gasteiger charge is 2.21. The summed E-state index contributed by atoms with van der Waals surface area (Å²) in [5.74, 6) is 0.629. The number of rotatable bonds is 4. The van der Waals surface area contributed by atoms with Crippen LogP contribution in [-0.4, -0.2) is 32.9 Å². The van der Waals surface area contributed by atoms with Gasteiger partial charge in [0.05, 0.1) is 11.3 Å². The molecule has 0 unspecified atom stereocenters. The SMILES string of the molecule is O=c1[nH]c(-c2ccncc2)nc2c1CN(CCc1ccccc1)CC2. The normalized spacial score (nSPS) is 14.2. The standard InChI is InChI=1S/C20H20N4O/c25-20-17-14-24(12-8-15-4-2-1-3-5-15)13-9-18(17)22-19(23-20)16-6-10-21-11-7-16/h1-7,10-11H,8-9,12-14H2,(H,22,23,25). The highest BCUT2D eigenvalue weighted by atomic mass is 16.1. The van der Waals surface area contributed by atoms with Crippen LogP contribution in [0.3, 0.4) is 0 Å². The molecule has 4 rings (SSSR count). The monoisotopic (exact) mass is 332 g/mol. The van der Waals surface area contributed by atoms with E-state index in [4.69, 9.17) is 0 Å². The summed E-state index contributed by atoms with van der Waals surface area (Å²) in [5, 5.41) is 0. The zero-order valence-corrected chi connectivity index (χ0v) is 14.0. The van der Waals surface area contributed by atoms with Crippen molar-refractivity contribution in [1.82, 2.24) is 19.9 Å². The van der Waals surface area contributed by atoms with Crippen LogP contribution in [0.4, 0.5) is 0 Å². The molecule has 0 radical (unpaired) electrons. The topological polar surface area (TPSA) is 61.9 Å². The Morgan fingerprint density at radius 1 is 1.08 bits per heavy atom. The van der Waals surface area contributed by atoms with E-state index in [1.165, 1.54) is 5.56 Å². The molecule has 0 saturated heterocycles. The van der Waals surface area contributed by atoms with Crippen LogP contribution in [0.5, 0.6) is 0 Å². The van der Waals surface area contributed by atoms with Crippen molar-refractivity contribution in [2.24, 2.45) is 0 Å². The number of benzene rings is 1. The fourth-order valence-electron chi connectivity index (χ4n) is 3.25. The molecule has 3 heterocycles. The van der Waals surface area contributed by atoms with E-state index in [1.807, 2.05) is 18.2 Å². The lowest BCUT2D eigenvalue weighted by molar-refractivity contribution is 0.253. The molecule has 0 aliphatic carbocycles. The van der Waals surface area contributed by atoms with E-state index < -0.39 is 0 Å². The second-order valence-corrected chi connectivity index (χ2v) is 6.34. The van der Waals surface area contributed by atoms with Crippen molar-refractivity contribution >= 4 is 0 Å². The minimum Gasteiger partial charge on any atom is -0.306 e. The van der Waals surface area contributed by atoms with Gasteiger partial charge < -0.3 is 4.98 Å². The van der Waals surface area contributed by atoms with E-state index in [2.05, 4.69) is 44.1 Å². The van der Waals surface area contributed by atoms with Crippen molar-refractivity contribution in [3.05, 3.63) is 82.0 Å². The number of hydrogen-bond donors (Lipinski definition) is 1. The molecule has 1 aromatic carbocycles. The average Bonchev–Trinajstić information content (AvgIpc) is 2.68. The van der Waals surface area contributed by atoms with Crippen LogP contribution < -0.4 is 5.56 Å². The Morgan fingerprint density at radius 3 is 2.68 bits per heavy atom. The van der Waals surface area contributed by atoms with E-state index in [-0.39, 0.29) is 5.56 Å². The first-order valence-electron chi connectivity index (χ1n) is 8.58. The maximum atomic E-state index is 12.5. The molecule has 0 fully saturated rings. The quantitative estimate of drug-likeness (QED) is 0.797. The number of H-pyrrole nitrogens is 1. The van der Waals surface area contributed by atoms with Crippen LogP contribution in [0, 0.1) is 0 Å². The van der Waals surface area contributed by atoms with Crippen molar-refractivity contribution in [3.63, 3.8) is 0 Å². The van der Waals surface area contributed by atoms with Gasteiger partial charge in [0.1, 0.15) is 5.82 Å². The molecule has 126 valence electrons. The predicted octanol–water partition coefficient (Wildman–Crippen LogP) is 2.43. The van der Waals surface area contributed by atoms with Gasteiger partial charge in [-0.1, -0.05) is 30.3 Å². The lowest BCUT2D eigenvalue weighted by atomic mass is 10.1. The molecule has 0 saturated carbocycles. The molecule has 3 aromatic rings. The Hall–Kier alpha value is -2.79. The molecule has 0 atom stereocenters. The van der Waals surface area contributed by atoms with E-state index in [0.29, 0.717) is 12.4 Å². The van der Waals surface area contributed by atoms with Gasteiger partial charge in [-0.25, -0.2) is 4.98 Å². The van der Waals surface area contributed by atoms with Gasteiger partial charge in [-0.3, -0.25) is 14.7 Å². The van der Waals surface area contributed by atoms with Crippen LogP contribution in [0.2, 0.25) is 0 Å². The molecule has 5 heteroatoms. The van der Waals surface area contributed by atoms with Crippen LogP contribution >= 0.6 is 0 Å². The van der Waals surface area contributed by atoms with Crippen molar-refractivity contribution in [2.45, 2.75) is 19.4 Å². The molecule has 5 nitrogen and oxygen atoms in total. The Balaban J connectivity index is 1.51. The zero-order chi connectivity index (χ0) is 17.1. The van der Waals surface area contributed by atoms with E-state index in [0.717, 1.165) is 42.8 Å². The number of aromatic nitrogens is 3. The molecule has 1 aliphatic heterocycles. The maximum absolute atomic E-state index is 12.5. The Kier molecular flexibility index (Phi) is 4.39. The number of nitrogens with one attached hydrogen (secondary N) is 1. The van der Waals surface area contributed by atoms with Crippen LogP contribution in [0.1, 0.15) is 16.8 Å². The lowest BCUT2D eigenvalue weighted by Crippen LogP contribution is -2.36. The van der Waals surface area contributed by atoms with Crippen LogP contribution in [-0.2, 0) is 19.4 Å². The molecule has 0 amide bonds. The first-order chi connectivity index (χ1) is 12.3. The van der Waals surface area contributed by atoms with Gasteiger partial charge in [0.25, 0.3) is 5.56 Å². The van der Waals surface area contributed by atoms with Gasteiger partial charge >= 0.3 is 0 Å². The van der Waals surface area contributed by atoms with E-state index in [9.17, 15) is 4.79 Å². The lowest BCUT2D eigenvalue weighted by Gasteiger charge is -2.27. The fourth-order valence-corrected chi connectivity index (χ4v) is 3.25. The number of hydrogen-bond acceptors (Lipinski definition) is 4. The number of pyridine rings is 1. The van der Waals surface area contributed by atoms with Crippen LogP contribution in [0.15, 0.2) is 59.7 Å². The summed E-state index contributed by atoms with van der Waals surface area (Å²) in [5.41, 5.74) is 3.92. The second kappa shape index (κ2) is 6.99. The van der Waals surface area contributed by atoms with Gasteiger partial charge in [-0.2, -0.15) is 0 Å². The minimum atomic E-state index is -0.0266. The average molecular weight is 332 g/mol. The summed E-state index contributed by atoms with van der Waals surface area (Å²) in [6, 6.07) is 14.2. The maximum Gasteiger partial charge on any atom is 0.255 e. The van der Waals surface area contributed by atoms with Crippen molar-refractivity contribution in [3.8, 4) is 11.4 Å². The van der Waals surface area contributed by atoms with Gasteiger partial charge in [0.2, 0.25) is 0 Å². The van der Waals surface area contributed by atoms with Crippen molar-refractivity contribution in [2.75, 3.05) is 13.1 Å². The van der Waals surface area contributed by atoms with Gasteiger partial charge in [0.15, 0.2) is 0 Å². The van der Waals surface area contributed by atoms with Gasteiger partial charge in [-0.05, 0) is 24.1 Å². The molecule has 1 aliphatic rings. The molecule has 0 spiro atoms. The first kappa shape index (κ1) is 15.7. The second-order valence-electron chi connectivity index (χ2n) is 6.34. The van der Waals surface area contributed by atoms with E-state index >= 15 is 0 Å². The molecule has 2 aromatic heterocycles. The van der Waals surface area contributed by atoms with E-state index in [1.54, 1.807) is 12.4 Å². The summed E-state index contributed by atoms with van der Waals surface area (Å²) in [7, 11) is 0. The molecular weight excluding hydrogens is 312 g/mol. The third kappa shape index (κ3) is 3.51. The Morgan fingerprint density at radius 2 is 1.88 bits per heavy atom. The number of aromatic amines is 1. The van der Waals surface area contributed by atoms with Crippen molar-refractivity contribution in [1.29, 1.82) is 0 Å². The van der Waals surface area contributed by atoms with Crippen LogP contribution in [0.25, 0.3) is 11.4 Å². The summed E-state index contributed by atoms with van der Waals surface area (Å²) < 4.78 is 0. The molecule has 25 heavy (non-hydrogen) atoms. The third-order valence-electron chi connectivity index (χ3n) is 4.66. The van der Waals surface area contributed by atoms with Crippen molar-refractivity contribution < 1.29 is 0 Å². The predicted molar refractivity (Wildman–Crippen MR) is 97.2 cm³/mol. The first-order valence-corrected chi connectivity index (χ1v) is 8.58. The number of fused-ring (bicyclic) bond motifs is 1. The molecular formula is C20H20N4O. The highest BCUT2D eigenvalue weighted by molar-refractivity contribution is 5.54. The molecule has 0 bridgehead atoms. The largest absolute Gasteiger partial charge is 0.306 e. The van der Waals surface area contributed by atoms with Gasteiger partial charge in [0, 0.05) is 44.0 Å². The third-order valence-corrected chi connectivity index (χ3v) is 4.66. The Labute approximate surface area is 146 Å². The summed E-state index contributed by atoms with van der Waals surface area (Å²) in [4.78, 5) is 26.5. The minimum absolute atomic E-state index is 0.0266. The zero-order valence-electron chi connectivity index (χ0n) is 14.0. The molecule has 1 N–H and O–H groups in total.